The molecule has 1 amide bonds. The number of likely N-dealkylation sites (tertiary alicyclic amines) is 1. The molecule has 0 spiro atoms. The van der Waals surface area contributed by atoms with Crippen LogP contribution in [0, 0.1) is 0 Å². The molecule has 3 heterocycles. The SMILES string of the molecule is O=C(c1ccc(-c2ccn[nH]2)cc1)N1CCC(c2ncn[nH]2)CC1. The second kappa shape index (κ2) is 6.27. The van der Waals surface area contributed by atoms with Gasteiger partial charge in [0.15, 0.2) is 0 Å². The predicted octanol–water partition coefficient (Wildman–Crippen LogP) is 2.21. The molecule has 1 saturated heterocycles. The quantitative estimate of drug-likeness (QED) is 0.773. The number of nitrogens with zero attached hydrogens (tertiary/aromatic N) is 4. The Kier molecular flexibility index (Phi) is 3.82. The van der Waals surface area contributed by atoms with Gasteiger partial charge in [0, 0.05) is 30.8 Å². The minimum atomic E-state index is 0.0854. The summed E-state index contributed by atoms with van der Waals surface area (Å²) >= 11 is 0. The van der Waals surface area contributed by atoms with Crippen LogP contribution < -0.4 is 0 Å². The van der Waals surface area contributed by atoms with Crippen LogP contribution in [0.3, 0.4) is 0 Å². The van der Waals surface area contributed by atoms with E-state index < -0.39 is 0 Å². The maximum Gasteiger partial charge on any atom is 0.253 e. The van der Waals surface area contributed by atoms with Crippen molar-refractivity contribution in [1.29, 1.82) is 0 Å². The van der Waals surface area contributed by atoms with Crippen LogP contribution in [0.2, 0.25) is 0 Å². The van der Waals surface area contributed by atoms with E-state index in [1.165, 1.54) is 6.33 Å². The highest BCUT2D eigenvalue weighted by atomic mass is 16.2. The average molecular weight is 322 g/mol. The van der Waals surface area contributed by atoms with E-state index in [-0.39, 0.29) is 5.91 Å². The van der Waals surface area contributed by atoms with E-state index in [2.05, 4.69) is 25.4 Å². The molecule has 1 aliphatic heterocycles. The zero-order chi connectivity index (χ0) is 16.4. The fourth-order valence-electron chi connectivity index (χ4n) is 3.16. The van der Waals surface area contributed by atoms with Crippen LogP contribution >= 0.6 is 0 Å². The van der Waals surface area contributed by atoms with Gasteiger partial charge in [0.05, 0.1) is 5.69 Å². The van der Waals surface area contributed by atoms with Crippen molar-refractivity contribution in [2.75, 3.05) is 13.1 Å². The summed E-state index contributed by atoms with van der Waals surface area (Å²) in [6, 6.07) is 9.55. The highest BCUT2D eigenvalue weighted by molar-refractivity contribution is 5.94. The standard InChI is InChI=1S/C17H18N6O/c24-17(14-3-1-12(2-4-14)15-5-8-19-21-15)23-9-6-13(7-10-23)16-18-11-20-22-16/h1-5,8,11,13H,6-7,9-10H2,(H,19,21)(H,18,20,22). The molecule has 4 rings (SSSR count). The molecule has 1 aromatic carbocycles. The maximum atomic E-state index is 12.7. The number of amides is 1. The van der Waals surface area contributed by atoms with Crippen molar-refractivity contribution in [3.8, 4) is 11.3 Å². The molecule has 122 valence electrons. The van der Waals surface area contributed by atoms with Gasteiger partial charge in [-0.15, -0.1) is 0 Å². The van der Waals surface area contributed by atoms with Gasteiger partial charge in [-0.3, -0.25) is 15.0 Å². The van der Waals surface area contributed by atoms with Crippen molar-refractivity contribution in [3.05, 3.63) is 54.2 Å². The second-order valence-electron chi connectivity index (χ2n) is 5.98. The molecular formula is C17H18N6O. The number of aromatic amines is 2. The number of piperidine rings is 1. The third kappa shape index (κ3) is 2.80. The number of benzene rings is 1. The maximum absolute atomic E-state index is 12.7. The van der Waals surface area contributed by atoms with Crippen LogP contribution in [-0.4, -0.2) is 49.3 Å². The van der Waals surface area contributed by atoms with Crippen molar-refractivity contribution < 1.29 is 4.79 Å². The first kappa shape index (κ1) is 14.6. The van der Waals surface area contributed by atoms with Crippen LogP contribution in [0.1, 0.15) is 34.9 Å². The van der Waals surface area contributed by atoms with Gasteiger partial charge in [-0.25, -0.2) is 4.98 Å². The van der Waals surface area contributed by atoms with Crippen LogP contribution in [0.25, 0.3) is 11.3 Å². The van der Waals surface area contributed by atoms with Gasteiger partial charge in [0.2, 0.25) is 0 Å². The molecule has 0 atom stereocenters. The first-order valence-electron chi connectivity index (χ1n) is 8.05. The lowest BCUT2D eigenvalue weighted by Crippen LogP contribution is -2.38. The molecule has 2 aromatic heterocycles. The zero-order valence-electron chi connectivity index (χ0n) is 13.1. The Morgan fingerprint density at radius 1 is 1.04 bits per heavy atom. The number of aromatic nitrogens is 5. The van der Waals surface area contributed by atoms with Crippen LogP contribution in [-0.2, 0) is 0 Å². The highest BCUT2D eigenvalue weighted by Gasteiger charge is 2.25. The highest BCUT2D eigenvalue weighted by Crippen LogP contribution is 2.26. The van der Waals surface area contributed by atoms with Gasteiger partial charge in [-0.05, 0) is 36.6 Å². The van der Waals surface area contributed by atoms with Crippen molar-refractivity contribution in [2.45, 2.75) is 18.8 Å². The average Bonchev–Trinajstić information content (AvgIpc) is 3.35. The van der Waals surface area contributed by atoms with Gasteiger partial charge in [0.25, 0.3) is 5.91 Å². The monoisotopic (exact) mass is 322 g/mol. The van der Waals surface area contributed by atoms with Gasteiger partial charge in [0.1, 0.15) is 12.2 Å². The zero-order valence-corrected chi connectivity index (χ0v) is 13.1. The summed E-state index contributed by atoms with van der Waals surface area (Å²) in [5.74, 6) is 1.37. The number of hydrogen-bond donors (Lipinski definition) is 2. The fraction of sp³-hybridized carbons (Fsp3) is 0.294. The number of hydrogen-bond acceptors (Lipinski definition) is 4. The molecule has 0 saturated carbocycles. The summed E-state index contributed by atoms with van der Waals surface area (Å²) in [6.07, 6.45) is 5.07. The van der Waals surface area contributed by atoms with Gasteiger partial charge < -0.3 is 4.90 Å². The topological polar surface area (TPSA) is 90.6 Å². The summed E-state index contributed by atoms with van der Waals surface area (Å²) in [7, 11) is 0. The molecule has 2 N–H and O–H groups in total. The molecule has 0 bridgehead atoms. The van der Waals surface area contributed by atoms with Crippen molar-refractivity contribution in [2.24, 2.45) is 0 Å². The Morgan fingerprint density at radius 3 is 2.46 bits per heavy atom. The minimum Gasteiger partial charge on any atom is -0.339 e. The Balaban J connectivity index is 1.41. The summed E-state index contributed by atoms with van der Waals surface area (Å²) in [5, 5.41) is 13.7. The van der Waals surface area contributed by atoms with E-state index >= 15 is 0 Å². The molecule has 24 heavy (non-hydrogen) atoms. The molecule has 0 aliphatic carbocycles. The Bertz CT molecular complexity index is 786. The summed E-state index contributed by atoms with van der Waals surface area (Å²) < 4.78 is 0. The van der Waals surface area contributed by atoms with Crippen molar-refractivity contribution >= 4 is 5.91 Å². The van der Waals surface area contributed by atoms with E-state index in [1.807, 2.05) is 35.2 Å². The first-order chi connectivity index (χ1) is 11.8. The van der Waals surface area contributed by atoms with Gasteiger partial charge in [-0.2, -0.15) is 10.2 Å². The van der Waals surface area contributed by atoms with Crippen LogP contribution in [0.5, 0.6) is 0 Å². The van der Waals surface area contributed by atoms with Crippen molar-refractivity contribution in [1.82, 2.24) is 30.3 Å². The third-order valence-corrected chi connectivity index (χ3v) is 4.55. The van der Waals surface area contributed by atoms with E-state index in [9.17, 15) is 4.79 Å². The molecule has 7 heteroatoms. The molecule has 3 aromatic rings. The predicted molar refractivity (Wildman–Crippen MR) is 88.3 cm³/mol. The molecule has 0 unspecified atom stereocenters. The number of nitrogens with one attached hydrogen (secondary N) is 2. The Hall–Kier alpha value is -2.96. The Morgan fingerprint density at radius 2 is 1.83 bits per heavy atom. The Labute approximate surface area is 139 Å². The van der Waals surface area contributed by atoms with Crippen LogP contribution in [0.4, 0.5) is 0 Å². The van der Waals surface area contributed by atoms with E-state index in [1.54, 1.807) is 6.20 Å². The number of carbonyl (C=O) groups excluding carboxylic acids is 1. The van der Waals surface area contributed by atoms with Crippen LogP contribution in [0.15, 0.2) is 42.9 Å². The van der Waals surface area contributed by atoms with Crippen molar-refractivity contribution in [3.63, 3.8) is 0 Å². The summed E-state index contributed by atoms with van der Waals surface area (Å²) in [5.41, 5.74) is 2.69. The lowest BCUT2D eigenvalue weighted by molar-refractivity contribution is 0.0711. The lowest BCUT2D eigenvalue weighted by atomic mass is 9.95. The number of carbonyl (C=O) groups is 1. The van der Waals surface area contributed by atoms with E-state index in [0.29, 0.717) is 5.92 Å². The second-order valence-corrected chi connectivity index (χ2v) is 5.98. The molecule has 1 fully saturated rings. The van der Waals surface area contributed by atoms with E-state index in [4.69, 9.17) is 0 Å². The fourth-order valence-corrected chi connectivity index (χ4v) is 3.16. The molecule has 0 radical (unpaired) electrons. The third-order valence-electron chi connectivity index (χ3n) is 4.55. The normalized spacial score (nSPS) is 15.6. The van der Waals surface area contributed by atoms with E-state index in [0.717, 1.165) is 48.6 Å². The minimum absolute atomic E-state index is 0.0854. The molecule has 7 nitrogen and oxygen atoms in total. The number of H-pyrrole nitrogens is 2. The molecule has 1 aliphatic rings. The lowest BCUT2D eigenvalue weighted by Gasteiger charge is -2.31. The number of rotatable bonds is 3. The summed E-state index contributed by atoms with van der Waals surface area (Å²) in [4.78, 5) is 18.8. The van der Waals surface area contributed by atoms with Gasteiger partial charge in [-0.1, -0.05) is 12.1 Å². The smallest absolute Gasteiger partial charge is 0.253 e. The first-order valence-corrected chi connectivity index (χ1v) is 8.05. The van der Waals surface area contributed by atoms with Gasteiger partial charge >= 0.3 is 0 Å². The molecular weight excluding hydrogens is 304 g/mol. The largest absolute Gasteiger partial charge is 0.339 e. The summed E-state index contributed by atoms with van der Waals surface area (Å²) in [6.45, 7) is 1.49.